The number of aromatic nitrogens is 1. The number of carbonyl (C=O) groups is 2. The first kappa shape index (κ1) is 16.2. The standard InChI is InChI=1S/C22H20N2O3/c1-27-18-12-6-10-16-19(18)23-17-11-5-4-9-15(17)20(16)24-21(25)13-7-2-3-8-14(13)22(24)26/h4-6,9-14H,2-3,7-8H2,1H3. The van der Waals surface area contributed by atoms with E-state index in [-0.39, 0.29) is 23.7 Å². The first-order chi connectivity index (χ1) is 13.2. The van der Waals surface area contributed by atoms with Crippen LogP contribution < -0.4 is 9.64 Å². The van der Waals surface area contributed by atoms with Gasteiger partial charge in [-0.25, -0.2) is 9.88 Å². The van der Waals surface area contributed by atoms with E-state index in [1.807, 2.05) is 42.5 Å². The van der Waals surface area contributed by atoms with Crippen LogP contribution in [0.15, 0.2) is 42.5 Å². The van der Waals surface area contributed by atoms with Crippen LogP contribution in [0.4, 0.5) is 5.69 Å². The quantitative estimate of drug-likeness (QED) is 0.510. The van der Waals surface area contributed by atoms with Crippen molar-refractivity contribution in [1.82, 2.24) is 4.98 Å². The number of carbonyl (C=O) groups excluding carboxylic acids is 2. The Hall–Kier alpha value is -2.95. The van der Waals surface area contributed by atoms with Gasteiger partial charge in [0, 0.05) is 10.8 Å². The summed E-state index contributed by atoms with van der Waals surface area (Å²) in [6.07, 6.45) is 3.63. The largest absolute Gasteiger partial charge is 0.494 e. The van der Waals surface area contributed by atoms with Crippen LogP contribution in [-0.4, -0.2) is 23.9 Å². The highest BCUT2D eigenvalue weighted by molar-refractivity contribution is 6.28. The third-order valence-electron chi connectivity index (χ3n) is 5.93. The van der Waals surface area contributed by atoms with E-state index in [1.165, 1.54) is 4.90 Å². The number of benzene rings is 2. The lowest BCUT2D eigenvalue weighted by Crippen LogP contribution is -2.31. The van der Waals surface area contributed by atoms with Crippen molar-refractivity contribution >= 4 is 39.3 Å². The van der Waals surface area contributed by atoms with Gasteiger partial charge in [0.15, 0.2) is 0 Å². The van der Waals surface area contributed by atoms with Crippen molar-refractivity contribution in [2.45, 2.75) is 25.7 Å². The molecule has 2 unspecified atom stereocenters. The number of rotatable bonds is 2. The zero-order valence-corrected chi connectivity index (χ0v) is 15.1. The maximum Gasteiger partial charge on any atom is 0.237 e. The van der Waals surface area contributed by atoms with Crippen LogP contribution in [0.3, 0.4) is 0 Å². The summed E-state index contributed by atoms with van der Waals surface area (Å²) >= 11 is 0. The molecule has 27 heavy (non-hydrogen) atoms. The Morgan fingerprint density at radius 2 is 1.59 bits per heavy atom. The Bertz CT molecular complexity index is 1070. The van der Waals surface area contributed by atoms with Crippen LogP contribution in [0.1, 0.15) is 25.7 Å². The highest BCUT2D eigenvalue weighted by Crippen LogP contribution is 2.44. The third kappa shape index (κ3) is 2.27. The monoisotopic (exact) mass is 360 g/mol. The van der Waals surface area contributed by atoms with Gasteiger partial charge < -0.3 is 4.74 Å². The average molecular weight is 360 g/mol. The van der Waals surface area contributed by atoms with Gasteiger partial charge in [-0.2, -0.15) is 0 Å². The lowest BCUT2D eigenvalue weighted by Gasteiger charge is -2.20. The molecular weight excluding hydrogens is 340 g/mol. The van der Waals surface area contributed by atoms with Crippen LogP contribution in [0.5, 0.6) is 5.75 Å². The van der Waals surface area contributed by atoms with E-state index < -0.39 is 0 Å². The van der Waals surface area contributed by atoms with E-state index in [2.05, 4.69) is 0 Å². The summed E-state index contributed by atoms with van der Waals surface area (Å²) in [6, 6.07) is 13.3. The van der Waals surface area contributed by atoms with E-state index in [1.54, 1.807) is 7.11 Å². The van der Waals surface area contributed by atoms with Crippen LogP contribution in [-0.2, 0) is 9.59 Å². The molecule has 1 aliphatic carbocycles. The van der Waals surface area contributed by atoms with E-state index in [0.29, 0.717) is 17.0 Å². The normalized spacial score (nSPS) is 22.5. The topological polar surface area (TPSA) is 59.5 Å². The molecule has 5 nitrogen and oxygen atoms in total. The predicted molar refractivity (Wildman–Crippen MR) is 104 cm³/mol. The second kappa shape index (κ2) is 6.05. The Morgan fingerprint density at radius 1 is 0.926 bits per heavy atom. The van der Waals surface area contributed by atoms with Crippen molar-refractivity contribution in [3.05, 3.63) is 42.5 Å². The molecule has 2 aliphatic rings. The van der Waals surface area contributed by atoms with E-state index in [9.17, 15) is 9.59 Å². The van der Waals surface area contributed by atoms with Gasteiger partial charge in [-0.15, -0.1) is 0 Å². The molecule has 3 aromatic rings. The Kier molecular flexibility index (Phi) is 3.64. The van der Waals surface area contributed by atoms with Crippen molar-refractivity contribution in [1.29, 1.82) is 0 Å². The van der Waals surface area contributed by atoms with Gasteiger partial charge >= 0.3 is 0 Å². The molecule has 1 aromatic heterocycles. The zero-order chi connectivity index (χ0) is 18.5. The summed E-state index contributed by atoms with van der Waals surface area (Å²) in [6.45, 7) is 0. The first-order valence-corrected chi connectivity index (χ1v) is 9.44. The number of amides is 2. The highest BCUT2D eigenvalue weighted by atomic mass is 16.5. The summed E-state index contributed by atoms with van der Waals surface area (Å²) in [5.41, 5.74) is 2.07. The molecule has 0 spiro atoms. The second-order valence-corrected chi connectivity index (χ2v) is 7.34. The number of hydrogen-bond acceptors (Lipinski definition) is 4. The first-order valence-electron chi connectivity index (χ1n) is 9.44. The number of pyridine rings is 1. The number of imide groups is 1. The van der Waals surface area contributed by atoms with Crippen molar-refractivity contribution in [3.63, 3.8) is 0 Å². The van der Waals surface area contributed by atoms with Crippen molar-refractivity contribution in [3.8, 4) is 5.75 Å². The van der Waals surface area contributed by atoms with Crippen LogP contribution in [0.2, 0.25) is 0 Å². The molecular formula is C22H20N2O3. The molecule has 136 valence electrons. The molecule has 1 aliphatic heterocycles. The van der Waals surface area contributed by atoms with Crippen LogP contribution in [0, 0.1) is 11.8 Å². The SMILES string of the molecule is COc1cccc2c(N3C(=O)C4CCCCC4C3=O)c3ccccc3nc12. The van der Waals surface area contributed by atoms with E-state index >= 15 is 0 Å². The predicted octanol–water partition coefficient (Wildman–Crippen LogP) is 4.08. The molecule has 2 fully saturated rings. The number of ether oxygens (including phenoxy) is 1. The maximum atomic E-state index is 13.2. The lowest BCUT2D eigenvalue weighted by molar-refractivity contribution is -0.122. The van der Waals surface area contributed by atoms with Gasteiger partial charge in [0.05, 0.1) is 30.1 Å². The Balaban J connectivity index is 1.83. The summed E-state index contributed by atoms with van der Waals surface area (Å²) in [5, 5.41) is 1.59. The van der Waals surface area contributed by atoms with E-state index in [0.717, 1.165) is 42.0 Å². The molecule has 2 atom stereocenters. The fraction of sp³-hybridized carbons (Fsp3) is 0.318. The summed E-state index contributed by atoms with van der Waals surface area (Å²) in [7, 11) is 1.60. The number of fused-ring (bicyclic) bond motifs is 3. The summed E-state index contributed by atoms with van der Waals surface area (Å²) in [5.74, 6) is 0.143. The molecule has 2 aromatic carbocycles. The van der Waals surface area contributed by atoms with Crippen molar-refractivity contribution in [2.24, 2.45) is 11.8 Å². The minimum absolute atomic E-state index is 0.0647. The summed E-state index contributed by atoms with van der Waals surface area (Å²) < 4.78 is 5.49. The Morgan fingerprint density at radius 3 is 2.30 bits per heavy atom. The van der Waals surface area contributed by atoms with Crippen LogP contribution >= 0.6 is 0 Å². The number of anilines is 1. The minimum Gasteiger partial charge on any atom is -0.494 e. The third-order valence-corrected chi connectivity index (χ3v) is 5.93. The van der Waals surface area contributed by atoms with Gasteiger partial charge in [0.25, 0.3) is 0 Å². The van der Waals surface area contributed by atoms with E-state index in [4.69, 9.17) is 9.72 Å². The molecule has 2 heterocycles. The molecule has 5 heteroatoms. The number of hydrogen-bond donors (Lipinski definition) is 0. The zero-order valence-electron chi connectivity index (χ0n) is 15.1. The molecule has 1 saturated heterocycles. The number of nitrogens with zero attached hydrogens (tertiary/aromatic N) is 2. The highest BCUT2D eigenvalue weighted by Gasteiger charge is 2.49. The lowest BCUT2D eigenvalue weighted by atomic mass is 9.81. The molecule has 0 N–H and O–H groups in total. The van der Waals surface area contributed by atoms with Crippen LogP contribution in [0.25, 0.3) is 21.8 Å². The molecule has 5 rings (SSSR count). The average Bonchev–Trinajstić information content (AvgIpc) is 2.96. The molecule has 0 radical (unpaired) electrons. The van der Waals surface area contributed by atoms with Gasteiger partial charge in [0.1, 0.15) is 11.3 Å². The van der Waals surface area contributed by atoms with Gasteiger partial charge in [-0.05, 0) is 25.0 Å². The van der Waals surface area contributed by atoms with Crippen molar-refractivity contribution < 1.29 is 14.3 Å². The minimum atomic E-state index is -0.182. The number of para-hydroxylation sites is 2. The summed E-state index contributed by atoms with van der Waals surface area (Å²) in [4.78, 5) is 32.7. The van der Waals surface area contributed by atoms with Crippen molar-refractivity contribution in [2.75, 3.05) is 12.0 Å². The smallest absolute Gasteiger partial charge is 0.237 e. The number of methoxy groups -OCH3 is 1. The Labute approximate surface area is 156 Å². The molecule has 1 saturated carbocycles. The second-order valence-electron chi connectivity index (χ2n) is 7.34. The molecule has 2 amide bonds. The molecule has 0 bridgehead atoms. The van der Waals surface area contributed by atoms with Gasteiger partial charge in [-0.3, -0.25) is 9.59 Å². The fourth-order valence-electron chi connectivity index (χ4n) is 4.65. The maximum absolute atomic E-state index is 13.2. The van der Waals surface area contributed by atoms with Gasteiger partial charge in [-0.1, -0.05) is 43.2 Å². The fourth-order valence-corrected chi connectivity index (χ4v) is 4.65. The van der Waals surface area contributed by atoms with Gasteiger partial charge in [0.2, 0.25) is 11.8 Å².